The van der Waals surface area contributed by atoms with Gasteiger partial charge in [-0.15, -0.1) is 0 Å². The van der Waals surface area contributed by atoms with E-state index >= 15 is 0 Å². The highest BCUT2D eigenvalue weighted by atomic mass is 16.4. The van der Waals surface area contributed by atoms with E-state index in [1.165, 1.54) is 31.2 Å². The van der Waals surface area contributed by atoms with Gasteiger partial charge in [-0.1, -0.05) is 42.5 Å². The van der Waals surface area contributed by atoms with Crippen LogP contribution in [0.4, 0.5) is 0 Å². The number of aliphatic carboxylic acids is 2. The molecule has 18 nitrogen and oxygen atoms in total. The number of amides is 5. The van der Waals surface area contributed by atoms with Crippen molar-refractivity contribution >= 4 is 41.5 Å². The minimum absolute atomic E-state index is 0.0477. The van der Waals surface area contributed by atoms with Crippen LogP contribution in [0.2, 0.25) is 0 Å². The summed E-state index contributed by atoms with van der Waals surface area (Å²) in [6, 6.07) is 7.57. The Kier molecular flexibility index (Phi) is 18.4. The van der Waals surface area contributed by atoms with Gasteiger partial charge in [-0.05, 0) is 62.4 Å². The monoisotopic (exact) mass is 743 g/mol. The molecule has 0 aliphatic carbocycles. The third-order valence-electron chi connectivity index (χ3n) is 8.00. The van der Waals surface area contributed by atoms with Crippen LogP contribution in [0.1, 0.15) is 50.2 Å². The Hall–Kier alpha value is -5.59. The molecule has 0 bridgehead atoms. The SMILES string of the molecule is C[C@@H](O)[C@H](NC(=O)[C@H](CCCCN)NC(=O)[C@H](Cc1ccccc1)NC(=O)[C@H](Cc1ccc(O)cc1)NC(=O)CNC(=O)[C@@H](N)CCC(=O)O)C(=O)O. The Balaban J connectivity index is 2.34. The predicted molar refractivity (Wildman–Crippen MR) is 190 cm³/mol. The fraction of sp³-hybridized carbons (Fsp3) is 0.457. The van der Waals surface area contributed by atoms with Gasteiger partial charge in [0.15, 0.2) is 6.04 Å². The number of aliphatic hydroxyl groups excluding tert-OH is 1. The van der Waals surface area contributed by atoms with E-state index in [0.29, 0.717) is 24.0 Å². The highest BCUT2D eigenvalue weighted by Gasteiger charge is 2.33. The van der Waals surface area contributed by atoms with E-state index < -0.39 is 84.3 Å². The van der Waals surface area contributed by atoms with Crippen LogP contribution in [0, 0.1) is 0 Å². The first-order chi connectivity index (χ1) is 25.1. The van der Waals surface area contributed by atoms with E-state index in [2.05, 4.69) is 26.6 Å². The number of benzene rings is 2. The average molecular weight is 744 g/mol. The lowest BCUT2D eigenvalue weighted by Crippen LogP contribution is -2.59. The van der Waals surface area contributed by atoms with Gasteiger partial charge in [0.2, 0.25) is 29.5 Å². The Morgan fingerprint density at radius 2 is 1.25 bits per heavy atom. The molecule has 0 aliphatic rings. The molecule has 2 aromatic carbocycles. The summed E-state index contributed by atoms with van der Waals surface area (Å²) in [4.78, 5) is 88.7. The van der Waals surface area contributed by atoms with Crippen molar-refractivity contribution in [3.05, 3.63) is 65.7 Å². The van der Waals surface area contributed by atoms with Crippen LogP contribution in [0.3, 0.4) is 0 Å². The summed E-state index contributed by atoms with van der Waals surface area (Å²) in [5.41, 5.74) is 12.4. The zero-order valence-corrected chi connectivity index (χ0v) is 29.3. The molecule has 0 aromatic heterocycles. The molecule has 53 heavy (non-hydrogen) atoms. The van der Waals surface area contributed by atoms with Gasteiger partial charge in [-0.2, -0.15) is 0 Å². The van der Waals surface area contributed by atoms with Crippen molar-refractivity contribution in [3.8, 4) is 5.75 Å². The van der Waals surface area contributed by atoms with Crippen LogP contribution < -0.4 is 38.1 Å². The lowest BCUT2D eigenvalue weighted by atomic mass is 10.0. The number of carboxylic acid groups (broad SMARTS) is 2. The van der Waals surface area contributed by atoms with Gasteiger partial charge in [0.25, 0.3) is 0 Å². The maximum Gasteiger partial charge on any atom is 0.328 e. The topological polar surface area (TPSA) is 313 Å². The number of hydrogen-bond acceptors (Lipinski definition) is 11. The van der Waals surface area contributed by atoms with Gasteiger partial charge in [0.05, 0.1) is 18.7 Å². The molecule has 290 valence electrons. The van der Waals surface area contributed by atoms with E-state index in [1.54, 1.807) is 30.3 Å². The van der Waals surface area contributed by atoms with Gasteiger partial charge in [0.1, 0.15) is 23.9 Å². The molecule has 0 saturated carbocycles. The maximum absolute atomic E-state index is 13.9. The summed E-state index contributed by atoms with van der Waals surface area (Å²) in [5.74, 6) is -6.79. The highest BCUT2D eigenvalue weighted by molar-refractivity contribution is 5.96. The molecule has 0 unspecified atom stereocenters. The second-order valence-corrected chi connectivity index (χ2v) is 12.4. The number of nitrogens with one attached hydrogen (secondary N) is 5. The fourth-order valence-electron chi connectivity index (χ4n) is 5.04. The quantitative estimate of drug-likeness (QED) is 0.0551. The Morgan fingerprint density at radius 3 is 1.79 bits per heavy atom. The lowest BCUT2D eigenvalue weighted by molar-refractivity contribution is -0.145. The minimum Gasteiger partial charge on any atom is -0.508 e. The first kappa shape index (κ1) is 43.6. The number of rotatable bonds is 23. The van der Waals surface area contributed by atoms with Crippen LogP contribution in [-0.2, 0) is 46.4 Å². The lowest BCUT2D eigenvalue weighted by Gasteiger charge is -2.27. The van der Waals surface area contributed by atoms with Crippen molar-refractivity contribution in [1.82, 2.24) is 26.6 Å². The molecule has 0 fully saturated rings. The first-order valence-corrected chi connectivity index (χ1v) is 17.0. The molecule has 0 spiro atoms. The molecular formula is C35H49N7O11. The van der Waals surface area contributed by atoms with E-state index in [0.717, 1.165) is 0 Å². The number of nitrogens with two attached hydrogens (primary N) is 2. The van der Waals surface area contributed by atoms with Crippen LogP contribution in [0.25, 0.3) is 0 Å². The number of aromatic hydroxyl groups is 1. The molecule has 0 aliphatic heterocycles. The van der Waals surface area contributed by atoms with Gasteiger partial charge >= 0.3 is 11.9 Å². The zero-order valence-electron chi connectivity index (χ0n) is 29.3. The van der Waals surface area contributed by atoms with Gasteiger partial charge < -0.3 is 58.5 Å². The number of phenolic OH excluding ortho intramolecular Hbond substituents is 1. The summed E-state index contributed by atoms with van der Waals surface area (Å²) < 4.78 is 0. The van der Waals surface area contributed by atoms with Crippen LogP contribution in [-0.4, -0.2) is 111 Å². The van der Waals surface area contributed by atoms with Crippen LogP contribution in [0.15, 0.2) is 54.6 Å². The molecule has 0 radical (unpaired) electrons. The Labute approximate surface area is 306 Å². The molecule has 2 rings (SSSR count). The molecule has 6 atom stereocenters. The van der Waals surface area contributed by atoms with Crippen LogP contribution in [0.5, 0.6) is 5.75 Å². The summed E-state index contributed by atoms with van der Waals surface area (Å²) in [6.07, 6.45) is -1.26. The number of aliphatic hydroxyl groups is 1. The highest BCUT2D eigenvalue weighted by Crippen LogP contribution is 2.13. The largest absolute Gasteiger partial charge is 0.508 e. The van der Waals surface area contributed by atoms with E-state index in [4.69, 9.17) is 16.6 Å². The van der Waals surface area contributed by atoms with Gasteiger partial charge in [-0.3, -0.25) is 28.8 Å². The molecule has 5 amide bonds. The summed E-state index contributed by atoms with van der Waals surface area (Å²) in [7, 11) is 0. The molecule has 0 heterocycles. The van der Waals surface area contributed by atoms with Crippen molar-refractivity contribution in [2.24, 2.45) is 11.5 Å². The smallest absolute Gasteiger partial charge is 0.328 e. The summed E-state index contributed by atoms with van der Waals surface area (Å²) in [5, 5.41) is 50.2. The number of carbonyl (C=O) groups excluding carboxylic acids is 5. The molecular weight excluding hydrogens is 694 g/mol. The molecule has 2 aromatic rings. The Bertz CT molecular complexity index is 1540. The van der Waals surface area contributed by atoms with Crippen molar-refractivity contribution in [3.63, 3.8) is 0 Å². The summed E-state index contributed by atoms with van der Waals surface area (Å²) >= 11 is 0. The number of hydrogen-bond donors (Lipinski definition) is 11. The van der Waals surface area contributed by atoms with Gasteiger partial charge in [0, 0.05) is 19.3 Å². The van der Waals surface area contributed by atoms with E-state index in [9.17, 15) is 48.9 Å². The third kappa shape index (κ3) is 16.1. The number of carboxylic acids is 2. The van der Waals surface area contributed by atoms with Crippen molar-refractivity contribution in [2.75, 3.05) is 13.1 Å². The average Bonchev–Trinajstić information content (AvgIpc) is 3.11. The number of carbonyl (C=O) groups is 7. The second-order valence-electron chi connectivity index (χ2n) is 12.4. The fourth-order valence-corrected chi connectivity index (χ4v) is 5.04. The number of unbranched alkanes of at least 4 members (excludes halogenated alkanes) is 1. The minimum atomic E-state index is -1.66. The molecule has 0 saturated heterocycles. The van der Waals surface area contributed by atoms with Crippen molar-refractivity contribution in [2.45, 2.75) is 88.2 Å². The summed E-state index contributed by atoms with van der Waals surface area (Å²) in [6.45, 7) is 0.858. The molecule has 18 heteroatoms. The first-order valence-electron chi connectivity index (χ1n) is 17.0. The van der Waals surface area contributed by atoms with E-state index in [1.807, 2.05) is 0 Å². The van der Waals surface area contributed by atoms with Crippen molar-refractivity contribution in [1.29, 1.82) is 0 Å². The molecule has 13 N–H and O–H groups in total. The Morgan fingerprint density at radius 1 is 0.698 bits per heavy atom. The zero-order chi connectivity index (χ0) is 39.5. The second kappa shape index (κ2) is 22.4. The van der Waals surface area contributed by atoms with Gasteiger partial charge in [-0.25, -0.2) is 4.79 Å². The number of phenols is 1. The third-order valence-corrected chi connectivity index (χ3v) is 8.00. The van der Waals surface area contributed by atoms with E-state index in [-0.39, 0.29) is 44.4 Å². The normalized spacial score (nSPS) is 14.3. The predicted octanol–water partition coefficient (Wildman–Crippen LogP) is -1.98. The van der Waals surface area contributed by atoms with Crippen LogP contribution >= 0.6 is 0 Å². The maximum atomic E-state index is 13.9. The standard InChI is InChI=1S/C35H49N7O11/c1-20(43)30(35(52)53)42-32(49)25(9-5-6-16-36)40-34(51)27(17-21-7-3-2-4-8-21)41-33(50)26(18-22-10-12-23(44)13-11-22)39-28(45)19-38-31(48)24(37)14-15-29(46)47/h2-4,7-8,10-13,20,24-27,30,43-44H,5-6,9,14-19,36-37H2,1H3,(H,38,48)(H,39,45)(H,40,51)(H,41,50)(H,42,49)(H,46,47)(H,52,53)/t20-,24+,25+,26+,27+,30+/m1/s1. The van der Waals surface area contributed by atoms with Crippen molar-refractivity contribution < 1.29 is 54.0 Å².